The second-order valence-electron chi connectivity index (χ2n) is 6.28. The standard InChI is InChI=1S/C19H17ClN2O2S/c1-21-17-16-14(12-2-4-13(20)5-3-12)6-7-15(23)18(16)25-19(17)22-8-10-24-11-9-22/h2-5,14H,6-11H2. The third-order valence-electron chi connectivity index (χ3n) is 4.85. The molecule has 4 nitrogen and oxygen atoms in total. The Morgan fingerprint density at radius 2 is 1.96 bits per heavy atom. The summed E-state index contributed by atoms with van der Waals surface area (Å²) in [5.41, 5.74) is 2.68. The summed E-state index contributed by atoms with van der Waals surface area (Å²) in [7, 11) is 0. The molecule has 1 unspecified atom stereocenters. The smallest absolute Gasteiger partial charge is 0.225 e. The van der Waals surface area contributed by atoms with Gasteiger partial charge in [-0.05, 0) is 29.7 Å². The average molecular weight is 373 g/mol. The number of ether oxygens (including phenoxy) is 1. The van der Waals surface area contributed by atoms with E-state index < -0.39 is 0 Å². The number of benzene rings is 1. The lowest BCUT2D eigenvalue weighted by Gasteiger charge is -2.28. The van der Waals surface area contributed by atoms with Gasteiger partial charge in [-0.15, -0.1) is 11.3 Å². The van der Waals surface area contributed by atoms with Crippen molar-refractivity contribution in [2.24, 2.45) is 0 Å². The molecule has 4 rings (SSSR count). The Kier molecular flexibility index (Phi) is 4.51. The predicted octanol–water partition coefficient (Wildman–Crippen LogP) is 4.90. The Morgan fingerprint density at radius 1 is 1.24 bits per heavy atom. The van der Waals surface area contributed by atoms with Gasteiger partial charge < -0.3 is 9.64 Å². The molecule has 1 fully saturated rings. The Labute approximate surface area is 155 Å². The molecule has 0 amide bonds. The van der Waals surface area contributed by atoms with Gasteiger partial charge in [0.25, 0.3) is 0 Å². The first kappa shape index (κ1) is 16.6. The largest absolute Gasteiger partial charge is 0.378 e. The van der Waals surface area contributed by atoms with Crippen LogP contribution in [0.15, 0.2) is 24.3 Å². The molecule has 2 aromatic rings. The van der Waals surface area contributed by atoms with Crippen LogP contribution in [0.3, 0.4) is 0 Å². The molecule has 0 spiro atoms. The van der Waals surface area contributed by atoms with Gasteiger partial charge in [-0.3, -0.25) is 4.79 Å². The zero-order valence-corrected chi connectivity index (χ0v) is 15.2. The van der Waals surface area contributed by atoms with Gasteiger partial charge in [0, 0.05) is 30.5 Å². The van der Waals surface area contributed by atoms with E-state index in [4.69, 9.17) is 22.9 Å². The maximum Gasteiger partial charge on any atom is 0.225 e. The summed E-state index contributed by atoms with van der Waals surface area (Å²) in [6, 6.07) is 7.76. The van der Waals surface area contributed by atoms with Gasteiger partial charge in [0.15, 0.2) is 5.78 Å². The van der Waals surface area contributed by atoms with E-state index in [0.29, 0.717) is 30.3 Å². The number of hydrogen-bond donors (Lipinski definition) is 0. The number of carbonyl (C=O) groups excluding carboxylic acids is 1. The molecular weight excluding hydrogens is 356 g/mol. The molecule has 1 atom stereocenters. The van der Waals surface area contributed by atoms with Crippen LogP contribution in [0.25, 0.3) is 4.85 Å². The van der Waals surface area contributed by atoms with Gasteiger partial charge in [-0.25, -0.2) is 4.85 Å². The van der Waals surface area contributed by atoms with E-state index in [-0.39, 0.29) is 11.7 Å². The fourth-order valence-electron chi connectivity index (χ4n) is 3.60. The molecule has 1 aromatic heterocycles. The molecule has 128 valence electrons. The second-order valence-corrected chi connectivity index (χ2v) is 7.71. The molecule has 0 N–H and O–H groups in total. The van der Waals surface area contributed by atoms with Crippen LogP contribution in [0.2, 0.25) is 5.02 Å². The fraction of sp³-hybridized carbons (Fsp3) is 0.368. The monoisotopic (exact) mass is 372 g/mol. The van der Waals surface area contributed by atoms with Gasteiger partial charge in [0.1, 0.15) is 0 Å². The van der Waals surface area contributed by atoms with Crippen molar-refractivity contribution in [2.45, 2.75) is 18.8 Å². The molecule has 1 saturated heterocycles. The minimum Gasteiger partial charge on any atom is -0.378 e. The van der Waals surface area contributed by atoms with Crippen LogP contribution in [-0.4, -0.2) is 32.1 Å². The highest BCUT2D eigenvalue weighted by Crippen LogP contribution is 2.51. The number of halogens is 1. The summed E-state index contributed by atoms with van der Waals surface area (Å²) in [4.78, 5) is 19.3. The zero-order chi connectivity index (χ0) is 17.4. The van der Waals surface area contributed by atoms with Crippen molar-refractivity contribution in [2.75, 3.05) is 31.2 Å². The minimum atomic E-state index is 0.0834. The summed E-state index contributed by atoms with van der Waals surface area (Å²) in [6.07, 6.45) is 1.27. The van der Waals surface area contributed by atoms with Gasteiger partial charge in [-0.1, -0.05) is 23.7 Å². The number of carbonyl (C=O) groups is 1. The normalized spacial score (nSPS) is 20.2. The van der Waals surface area contributed by atoms with Crippen molar-refractivity contribution >= 4 is 39.4 Å². The van der Waals surface area contributed by atoms with Crippen molar-refractivity contribution in [1.82, 2.24) is 0 Å². The van der Waals surface area contributed by atoms with Crippen molar-refractivity contribution in [3.8, 4) is 0 Å². The molecule has 25 heavy (non-hydrogen) atoms. The molecule has 2 heterocycles. The van der Waals surface area contributed by atoms with Crippen LogP contribution in [0.4, 0.5) is 10.7 Å². The van der Waals surface area contributed by atoms with Crippen molar-refractivity contribution in [3.05, 3.63) is 56.7 Å². The van der Waals surface area contributed by atoms with Crippen LogP contribution >= 0.6 is 22.9 Å². The first-order valence-corrected chi connectivity index (χ1v) is 9.54. The number of rotatable bonds is 2. The van der Waals surface area contributed by atoms with Crippen LogP contribution in [0.5, 0.6) is 0 Å². The highest BCUT2D eigenvalue weighted by molar-refractivity contribution is 7.19. The lowest BCUT2D eigenvalue weighted by Crippen LogP contribution is -2.35. The summed E-state index contributed by atoms with van der Waals surface area (Å²) in [6.45, 7) is 10.6. The number of hydrogen-bond acceptors (Lipinski definition) is 4. The predicted molar refractivity (Wildman–Crippen MR) is 100 cm³/mol. The Morgan fingerprint density at radius 3 is 2.64 bits per heavy atom. The maximum atomic E-state index is 12.5. The van der Waals surface area contributed by atoms with Crippen molar-refractivity contribution < 1.29 is 9.53 Å². The highest BCUT2D eigenvalue weighted by Gasteiger charge is 2.35. The van der Waals surface area contributed by atoms with Crippen molar-refractivity contribution in [3.63, 3.8) is 0 Å². The number of morpholine rings is 1. The molecule has 0 radical (unpaired) electrons. The SMILES string of the molecule is [C-]#[N+]c1c(N2CCOCC2)sc2c1C(c1ccc(Cl)cc1)CCC2=O. The summed E-state index contributed by atoms with van der Waals surface area (Å²) in [5, 5.41) is 1.62. The van der Waals surface area contributed by atoms with Crippen molar-refractivity contribution in [1.29, 1.82) is 0 Å². The van der Waals surface area contributed by atoms with E-state index in [1.54, 1.807) is 0 Å². The molecule has 6 heteroatoms. The number of Topliss-reactive ketones (excluding diaryl/α,β-unsaturated/α-hetero) is 1. The molecule has 1 aromatic carbocycles. The molecule has 2 aliphatic rings. The second kappa shape index (κ2) is 6.80. The zero-order valence-electron chi connectivity index (χ0n) is 13.6. The van der Waals surface area contributed by atoms with E-state index >= 15 is 0 Å². The van der Waals surface area contributed by atoms with E-state index in [1.165, 1.54) is 11.3 Å². The van der Waals surface area contributed by atoms with E-state index in [0.717, 1.165) is 40.5 Å². The number of fused-ring (bicyclic) bond motifs is 1. The van der Waals surface area contributed by atoms with Gasteiger partial charge >= 0.3 is 0 Å². The Balaban J connectivity index is 1.82. The van der Waals surface area contributed by atoms with E-state index in [9.17, 15) is 4.79 Å². The number of nitrogens with zero attached hydrogens (tertiary/aromatic N) is 2. The maximum absolute atomic E-state index is 12.5. The molecular formula is C19H17ClN2O2S. The number of anilines is 1. The lowest BCUT2D eigenvalue weighted by molar-refractivity contribution is 0.0974. The average Bonchev–Trinajstić information content (AvgIpc) is 3.04. The topological polar surface area (TPSA) is 33.9 Å². The molecule has 1 aliphatic carbocycles. The fourth-order valence-corrected chi connectivity index (χ4v) is 5.05. The van der Waals surface area contributed by atoms with Gasteiger partial charge in [0.05, 0.1) is 29.7 Å². The molecule has 0 bridgehead atoms. The molecule has 1 aliphatic heterocycles. The first-order chi connectivity index (χ1) is 12.2. The van der Waals surface area contributed by atoms with E-state index in [1.807, 2.05) is 24.3 Å². The lowest BCUT2D eigenvalue weighted by atomic mass is 9.81. The minimum absolute atomic E-state index is 0.0834. The third-order valence-corrected chi connectivity index (χ3v) is 6.39. The number of thiophene rings is 1. The first-order valence-electron chi connectivity index (χ1n) is 8.34. The van der Waals surface area contributed by atoms with Crippen LogP contribution in [-0.2, 0) is 4.74 Å². The molecule has 0 saturated carbocycles. The van der Waals surface area contributed by atoms with Crippen LogP contribution in [0.1, 0.15) is 39.6 Å². The van der Waals surface area contributed by atoms with E-state index in [2.05, 4.69) is 9.74 Å². The van der Waals surface area contributed by atoms with Gasteiger partial charge in [-0.2, -0.15) is 0 Å². The van der Waals surface area contributed by atoms with Crippen LogP contribution in [0, 0.1) is 6.57 Å². The third kappa shape index (κ3) is 2.95. The Hall–Kier alpha value is -1.87. The number of ketones is 1. The highest BCUT2D eigenvalue weighted by atomic mass is 35.5. The van der Waals surface area contributed by atoms with Gasteiger partial charge in [0.2, 0.25) is 5.69 Å². The quantitative estimate of drug-likeness (QED) is 0.703. The Bertz CT molecular complexity index is 848. The van der Waals surface area contributed by atoms with Crippen LogP contribution < -0.4 is 4.90 Å². The summed E-state index contributed by atoms with van der Waals surface area (Å²) < 4.78 is 5.43. The summed E-state index contributed by atoms with van der Waals surface area (Å²) >= 11 is 7.50. The summed E-state index contributed by atoms with van der Waals surface area (Å²) in [5.74, 6) is 0.245.